The molecule has 0 amide bonds. The van der Waals surface area contributed by atoms with Gasteiger partial charge < -0.3 is 19.5 Å². The third kappa shape index (κ3) is 7.56. The van der Waals surface area contributed by atoms with Crippen molar-refractivity contribution in [2.45, 2.75) is 13.0 Å². The summed E-state index contributed by atoms with van der Waals surface area (Å²) < 4.78 is 11.9. The van der Waals surface area contributed by atoms with E-state index in [1.807, 2.05) is 74.8 Å². The summed E-state index contributed by atoms with van der Waals surface area (Å²) in [6, 6.07) is 36.9. The molecule has 190 valence electrons. The minimum atomic E-state index is 0.0672. The van der Waals surface area contributed by atoms with Crippen molar-refractivity contribution >= 4 is 11.1 Å². The first-order chi connectivity index (χ1) is 18.1. The summed E-state index contributed by atoms with van der Waals surface area (Å²) in [5, 5.41) is 9.97. The van der Waals surface area contributed by atoms with Crippen LogP contribution in [0.3, 0.4) is 0 Å². The van der Waals surface area contributed by atoms with Crippen molar-refractivity contribution in [3.05, 3.63) is 131 Å². The molecule has 4 aromatic rings. The molecule has 4 nitrogen and oxygen atoms in total. The molecule has 1 N–H and O–H groups in total. The first kappa shape index (κ1) is 26.2. The first-order valence-electron chi connectivity index (χ1n) is 12.7. The van der Waals surface area contributed by atoms with Crippen LogP contribution in [0, 0.1) is 0 Å². The fourth-order valence-electron chi connectivity index (χ4n) is 4.20. The highest BCUT2D eigenvalue weighted by Gasteiger charge is 2.15. The maximum Gasteiger partial charge on any atom is 0.119 e. The molecule has 0 unspecified atom stereocenters. The van der Waals surface area contributed by atoms with Gasteiger partial charge in [-0.25, -0.2) is 0 Å². The minimum Gasteiger partial charge on any atom is -0.492 e. The molecule has 0 fully saturated rings. The Morgan fingerprint density at radius 3 is 1.73 bits per heavy atom. The third-order valence-electron chi connectivity index (χ3n) is 6.13. The zero-order chi connectivity index (χ0) is 25.9. The van der Waals surface area contributed by atoms with Crippen LogP contribution in [0.1, 0.15) is 28.7 Å². The van der Waals surface area contributed by atoms with Crippen molar-refractivity contribution in [2.75, 3.05) is 33.9 Å². The number of hydrogen-bond donors (Lipinski definition) is 1. The monoisotopic (exact) mass is 493 g/mol. The Labute approximate surface area is 220 Å². The molecular formula is C33H35NO3. The Hall–Kier alpha value is -3.86. The summed E-state index contributed by atoms with van der Waals surface area (Å²) in [4.78, 5) is 2.10. The van der Waals surface area contributed by atoms with E-state index in [2.05, 4.69) is 53.4 Å². The summed E-state index contributed by atoms with van der Waals surface area (Å²) >= 11 is 0. The zero-order valence-electron chi connectivity index (χ0n) is 21.6. The highest BCUT2D eigenvalue weighted by molar-refractivity contribution is 5.98. The van der Waals surface area contributed by atoms with Crippen LogP contribution in [0.5, 0.6) is 11.5 Å². The number of nitrogens with zero attached hydrogens (tertiary/aromatic N) is 1. The van der Waals surface area contributed by atoms with E-state index >= 15 is 0 Å². The van der Waals surface area contributed by atoms with Crippen molar-refractivity contribution < 1.29 is 14.6 Å². The maximum atomic E-state index is 9.97. The molecule has 4 rings (SSSR count). The summed E-state index contributed by atoms with van der Waals surface area (Å²) in [6.07, 6.45) is 0.548. The molecule has 0 aliphatic carbocycles. The number of aliphatic hydroxyl groups is 1. The summed E-state index contributed by atoms with van der Waals surface area (Å²) in [7, 11) is 4.07. The van der Waals surface area contributed by atoms with Crippen LogP contribution >= 0.6 is 0 Å². The molecular weight excluding hydrogens is 458 g/mol. The summed E-state index contributed by atoms with van der Waals surface area (Å²) in [5.41, 5.74) is 6.57. The van der Waals surface area contributed by atoms with Crippen molar-refractivity contribution in [2.24, 2.45) is 0 Å². The van der Waals surface area contributed by atoms with E-state index in [9.17, 15) is 5.11 Å². The fraction of sp³-hybridized carbons (Fsp3) is 0.212. The fourth-order valence-corrected chi connectivity index (χ4v) is 4.20. The predicted molar refractivity (Wildman–Crippen MR) is 152 cm³/mol. The van der Waals surface area contributed by atoms with E-state index in [0.29, 0.717) is 19.6 Å². The highest BCUT2D eigenvalue weighted by Crippen LogP contribution is 2.35. The average molecular weight is 494 g/mol. The maximum absolute atomic E-state index is 9.97. The molecule has 37 heavy (non-hydrogen) atoms. The Balaban J connectivity index is 1.66. The van der Waals surface area contributed by atoms with Gasteiger partial charge >= 0.3 is 0 Å². The standard InChI is InChI=1S/C33H35NO3/c1-34(2)22-24-36-30-17-13-28(14-18-30)33(32(21-23-35)27-11-7-4-8-12-27)29-15-19-31(20-16-29)37-25-26-9-5-3-6-10-26/h3-20,35H,21-25H2,1-2H3/b33-32+. The van der Waals surface area contributed by atoms with Gasteiger partial charge in [0.1, 0.15) is 24.7 Å². The van der Waals surface area contributed by atoms with E-state index < -0.39 is 0 Å². The van der Waals surface area contributed by atoms with E-state index in [1.54, 1.807) is 0 Å². The third-order valence-corrected chi connectivity index (χ3v) is 6.13. The Bertz CT molecular complexity index is 1250. The second-order valence-electron chi connectivity index (χ2n) is 9.17. The number of hydrogen-bond acceptors (Lipinski definition) is 4. The Kier molecular flexibility index (Phi) is 9.53. The largest absolute Gasteiger partial charge is 0.492 e. The summed E-state index contributed by atoms with van der Waals surface area (Å²) in [6.45, 7) is 2.09. The second kappa shape index (κ2) is 13.4. The molecule has 0 aliphatic rings. The minimum absolute atomic E-state index is 0.0672. The van der Waals surface area contributed by atoms with Crippen molar-refractivity contribution in [3.8, 4) is 11.5 Å². The number of benzene rings is 4. The van der Waals surface area contributed by atoms with Gasteiger partial charge in [0.25, 0.3) is 0 Å². The highest BCUT2D eigenvalue weighted by atomic mass is 16.5. The van der Waals surface area contributed by atoms with Gasteiger partial charge in [0, 0.05) is 13.2 Å². The Morgan fingerprint density at radius 2 is 1.19 bits per heavy atom. The van der Waals surface area contributed by atoms with Crippen LogP contribution < -0.4 is 9.47 Å². The molecule has 4 aromatic carbocycles. The lowest BCUT2D eigenvalue weighted by atomic mass is 9.88. The zero-order valence-corrected chi connectivity index (χ0v) is 21.6. The molecule has 0 radical (unpaired) electrons. The van der Waals surface area contributed by atoms with Gasteiger partial charge in [-0.15, -0.1) is 0 Å². The van der Waals surface area contributed by atoms with Gasteiger partial charge in [-0.05, 0) is 78.2 Å². The number of rotatable bonds is 12. The van der Waals surface area contributed by atoms with Crippen LogP contribution in [-0.2, 0) is 6.61 Å². The van der Waals surface area contributed by atoms with Crippen molar-refractivity contribution in [1.29, 1.82) is 0 Å². The van der Waals surface area contributed by atoms with Crippen molar-refractivity contribution in [1.82, 2.24) is 4.90 Å². The normalized spacial score (nSPS) is 11.8. The molecule has 0 saturated carbocycles. The van der Waals surface area contributed by atoms with Crippen LogP contribution in [0.4, 0.5) is 0 Å². The lowest BCUT2D eigenvalue weighted by molar-refractivity contribution is 0.261. The molecule has 0 spiro atoms. The van der Waals surface area contributed by atoms with Crippen LogP contribution in [0.2, 0.25) is 0 Å². The number of aliphatic hydroxyl groups excluding tert-OH is 1. The van der Waals surface area contributed by atoms with Crippen molar-refractivity contribution in [3.63, 3.8) is 0 Å². The molecule has 0 aromatic heterocycles. The lowest BCUT2D eigenvalue weighted by Crippen LogP contribution is -2.19. The molecule has 0 atom stereocenters. The Morgan fingerprint density at radius 1 is 0.649 bits per heavy atom. The smallest absolute Gasteiger partial charge is 0.119 e. The van der Waals surface area contributed by atoms with Crippen LogP contribution in [0.15, 0.2) is 109 Å². The quantitative estimate of drug-likeness (QED) is 0.227. The van der Waals surface area contributed by atoms with Gasteiger partial charge in [0.15, 0.2) is 0 Å². The van der Waals surface area contributed by atoms with Crippen LogP contribution in [-0.4, -0.2) is 43.9 Å². The first-order valence-corrected chi connectivity index (χ1v) is 12.7. The predicted octanol–water partition coefficient (Wildman–Crippen LogP) is 6.55. The van der Waals surface area contributed by atoms with Gasteiger partial charge in [-0.1, -0.05) is 84.9 Å². The van der Waals surface area contributed by atoms with Crippen LogP contribution in [0.25, 0.3) is 11.1 Å². The molecule has 4 heteroatoms. The van der Waals surface area contributed by atoms with Gasteiger partial charge in [0.05, 0.1) is 0 Å². The number of likely N-dealkylation sites (N-methyl/N-ethyl adjacent to an activating group) is 1. The van der Waals surface area contributed by atoms with Gasteiger partial charge in [0.2, 0.25) is 0 Å². The number of ether oxygens (including phenoxy) is 2. The van der Waals surface area contributed by atoms with E-state index in [-0.39, 0.29) is 6.61 Å². The SMILES string of the molecule is CN(C)CCOc1ccc(/C(=C(/CCO)c2ccccc2)c2ccc(OCc3ccccc3)cc2)cc1. The van der Waals surface area contributed by atoms with E-state index in [1.165, 1.54) is 0 Å². The second-order valence-corrected chi connectivity index (χ2v) is 9.17. The average Bonchev–Trinajstić information content (AvgIpc) is 2.94. The van der Waals surface area contributed by atoms with E-state index in [4.69, 9.17) is 9.47 Å². The lowest BCUT2D eigenvalue weighted by Gasteiger charge is -2.18. The molecule has 0 saturated heterocycles. The molecule has 0 bridgehead atoms. The topological polar surface area (TPSA) is 41.9 Å². The van der Waals surface area contributed by atoms with E-state index in [0.717, 1.165) is 51.4 Å². The van der Waals surface area contributed by atoms with Gasteiger partial charge in [-0.3, -0.25) is 0 Å². The molecule has 0 aliphatic heterocycles. The van der Waals surface area contributed by atoms with Gasteiger partial charge in [-0.2, -0.15) is 0 Å². The molecule has 0 heterocycles. The summed E-state index contributed by atoms with van der Waals surface area (Å²) in [5.74, 6) is 1.66.